The Hall–Kier alpha value is -1.42. The summed E-state index contributed by atoms with van der Waals surface area (Å²) in [7, 11) is 1.79. The van der Waals surface area contributed by atoms with Crippen molar-refractivity contribution in [3.8, 4) is 11.4 Å². The van der Waals surface area contributed by atoms with E-state index in [4.69, 9.17) is 11.6 Å². The molecule has 0 unspecified atom stereocenters. The van der Waals surface area contributed by atoms with E-state index in [-0.39, 0.29) is 0 Å². The Morgan fingerprint density at radius 3 is 2.71 bits per heavy atom. The van der Waals surface area contributed by atoms with E-state index in [0.29, 0.717) is 5.82 Å². The minimum absolute atomic E-state index is 0.715. The average Bonchev–Trinajstić information content (AvgIpc) is 2.57. The van der Waals surface area contributed by atoms with Crippen LogP contribution < -0.4 is 0 Å². The van der Waals surface area contributed by atoms with Gasteiger partial charge in [0, 0.05) is 17.6 Å². The third kappa shape index (κ3) is 1.48. The number of halogens is 1. The zero-order valence-corrected chi connectivity index (χ0v) is 8.65. The third-order valence-corrected chi connectivity index (χ3v) is 2.46. The standard InChI is InChI=1S/C9H9ClN4/c1-6-3-4-7(5-8(6)10)9-11-12-13-14(9)2/h3-5H,1-2H3. The molecule has 0 amide bonds. The molecule has 0 aliphatic carbocycles. The molecule has 0 aliphatic heterocycles. The highest BCUT2D eigenvalue weighted by Crippen LogP contribution is 2.22. The Balaban J connectivity index is 2.53. The Labute approximate surface area is 86.5 Å². The SMILES string of the molecule is Cc1ccc(-c2nnnn2C)cc1Cl. The minimum Gasteiger partial charge on any atom is -0.229 e. The number of aryl methyl sites for hydroxylation is 2. The van der Waals surface area contributed by atoms with E-state index < -0.39 is 0 Å². The molecular formula is C9H9ClN4. The summed E-state index contributed by atoms with van der Waals surface area (Å²) in [5, 5.41) is 12.0. The maximum Gasteiger partial charge on any atom is 0.181 e. The fraction of sp³-hybridized carbons (Fsp3) is 0.222. The quantitative estimate of drug-likeness (QED) is 0.718. The molecule has 2 aromatic rings. The van der Waals surface area contributed by atoms with E-state index in [1.807, 2.05) is 25.1 Å². The van der Waals surface area contributed by atoms with Gasteiger partial charge in [0.2, 0.25) is 0 Å². The van der Waals surface area contributed by atoms with Gasteiger partial charge in [0.15, 0.2) is 5.82 Å². The van der Waals surface area contributed by atoms with Crippen LogP contribution in [0.1, 0.15) is 5.56 Å². The maximum atomic E-state index is 6.01. The van der Waals surface area contributed by atoms with Crippen molar-refractivity contribution in [3.63, 3.8) is 0 Å². The molecule has 0 radical (unpaired) electrons. The molecule has 0 saturated heterocycles. The molecule has 0 aliphatic rings. The molecule has 0 bridgehead atoms. The largest absolute Gasteiger partial charge is 0.229 e. The van der Waals surface area contributed by atoms with E-state index in [1.54, 1.807) is 11.7 Å². The number of nitrogens with zero attached hydrogens (tertiary/aromatic N) is 4. The van der Waals surface area contributed by atoms with Crippen LogP contribution in [0.3, 0.4) is 0 Å². The number of tetrazole rings is 1. The molecule has 1 aromatic heterocycles. The summed E-state index contributed by atoms with van der Waals surface area (Å²) in [6.07, 6.45) is 0. The summed E-state index contributed by atoms with van der Waals surface area (Å²) < 4.78 is 1.61. The highest BCUT2D eigenvalue weighted by Gasteiger charge is 2.06. The predicted molar refractivity (Wildman–Crippen MR) is 54.0 cm³/mol. The van der Waals surface area contributed by atoms with Gasteiger partial charge in [0.1, 0.15) is 0 Å². The van der Waals surface area contributed by atoms with Gasteiger partial charge in [-0.15, -0.1) is 5.10 Å². The van der Waals surface area contributed by atoms with E-state index >= 15 is 0 Å². The summed E-state index contributed by atoms with van der Waals surface area (Å²) >= 11 is 6.01. The Morgan fingerprint density at radius 2 is 2.14 bits per heavy atom. The molecule has 5 heteroatoms. The van der Waals surface area contributed by atoms with E-state index in [9.17, 15) is 0 Å². The van der Waals surface area contributed by atoms with Gasteiger partial charge >= 0.3 is 0 Å². The van der Waals surface area contributed by atoms with Gasteiger partial charge in [-0.25, -0.2) is 4.68 Å². The zero-order chi connectivity index (χ0) is 10.1. The van der Waals surface area contributed by atoms with Crippen molar-refractivity contribution in [1.82, 2.24) is 20.2 Å². The Kier molecular flexibility index (Phi) is 2.21. The van der Waals surface area contributed by atoms with Crippen LogP contribution in [-0.4, -0.2) is 20.2 Å². The highest BCUT2D eigenvalue weighted by atomic mass is 35.5. The lowest BCUT2D eigenvalue weighted by atomic mass is 10.1. The second kappa shape index (κ2) is 3.38. The number of hydrogen-bond donors (Lipinski definition) is 0. The van der Waals surface area contributed by atoms with E-state index in [2.05, 4.69) is 15.5 Å². The maximum absolute atomic E-state index is 6.01. The first-order valence-corrected chi connectivity index (χ1v) is 4.55. The number of rotatable bonds is 1. The summed E-state index contributed by atoms with van der Waals surface area (Å²) in [6.45, 7) is 1.96. The van der Waals surface area contributed by atoms with Crippen molar-refractivity contribution in [1.29, 1.82) is 0 Å². The zero-order valence-electron chi connectivity index (χ0n) is 7.90. The average molecular weight is 209 g/mol. The number of aromatic nitrogens is 4. The summed E-state index contributed by atoms with van der Waals surface area (Å²) in [5.41, 5.74) is 1.97. The fourth-order valence-electron chi connectivity index (χ4n) is 1.21. The molecule has 0 fully saturated rings. The smallest absolute Gasteiger partial charge is 0.181 e. The van der Waals surface area contributed by atoms with Crippen LogP contribution >= 0.6 is 11.6 Å². The minimum atomic E-state index is 0.715. The molecule has 0 N–H and O–H groups in total. The molecule has 0 spiro atoms. The summed E-state index contributed by atoms with van der Waals surface area (Å²) in [5.74, 6) is 0.715. The second-order valence-electron chi connectivity index (χ2n) is 3.09. The van der Waals surface area contributed by atoms with Gasteiger partial charge < -0.3 is 0 Å². The normalized spacial score (nSPS) is 10.5. The molecule has 1 aromatic carbocycles. The van der Waals surface area contributed by atoms with Crippen molar-refractivity contribution >= 4 is 11.6 Å². The van der Waals surface area contributed by atoms with Crippen LogP contribution in [0.2, 0.25) is 5.02 Å². The summed E-state index contributed by atoms with van der Waals surface area (Å²) in [4.78, 5) is 0. The first-order chi connectivity index (χ1) is 6.68. The van der Waals surface area contributed by atoms with Gasteiger partial charge in [-0.05, 0) is 29.0 Å². The van der Waals surface area contributed by atoms with Gasteiger partial charge in [0.25, 0.3) is 0 Å². The predicted octanol–water partition coefficient (Wildman–Crippen LogP) is 1.84. The molecule has 4 nitrogen and oxygen atoms in total. The number of hydrogen-bond acceptors (Lipinski definition) is 3. The molecular weight excluding hydrogens is 200 g/mol. The second-order valence-corrected chi connectivity index (χ2v) is 3.50. The van der Waals surface area contributed by atoms with E-state index in [1.165, 1.54) is 0 Å². The van der Waals surface area contributed by atoms with Gasteiger partial charge in [-0.2, -0.15) is 0 Å². The summed E-state index contributed by atoms with van der Waals surface area (Å²) in [6, 6.07) is 5.77. The topological polar surface area (TPSA) is 43.6 Å². The van der Waals surface area contributed by atoms with Crippen molar-refractivity contribution in [2.45, 2.75) is 6.92 Å². The molecule has 1 heterocycles. The lowest BCUT2D eigenvalue weighted by molar-refractivity contribution is 0.714. The Morgan fingerprint density at radius 1 is 1.36 bits per heavy atom. The van der Waals surface area contributed by atoms with Crippen LogP contribution in [0.5, 0.6) is 0 Å². The lowest BCUT2D eigenvalue weighted by Gasteiger charge is -2.01. The van der Waals surface area contributed by atoms with Crippen LogP contribution in [0.25, 0.3) is 11.4 Å². The first-order valence-electron chi connectivity index (χ1n) is 4.17. The van der Waals surface area contributed by atoms with Crippen LogP contribution in [0.15, 0.2) is 18.2 Å². The highest BCUT2D eigenvalue weighted by molar-refractivity contribution is 6.31. The van der Waals surface area contributed by atoms with E-state index in [0.717, 1.165) is 16.1 Å². The van der Waals surface area contributed by atoms with Gasteiger partial charge in [0.05, 0.1) is 0 Å². The molecule has 72 valence electrons. The van der Waals surface area contributed by atoms with Crippen molar-refractivity contribution in [3.05, 3.63) is 28.8 Å². The van der Waals surface area contributed by atoms with Crippen LogP contribution in [0, 0.1) is 6.92 Å². The molecule has 14 heavy (non-hydrogen) atoms. The third-order valence-electron chi connectivity index (χ3n) is 2.05. The van der Waals surface area contributed by atoms with Gasteiger partial charge in [-0.1, -0.05) is 23.7 Å². The molecule has 0 saturated carbocycles. The van der Waals surface area contributed by atoms with Crippen LogP contribution in [-0.2, 0) is 7.05 Å². The molecule has 0 atom stereocenters. The Bertz CT molecular complexity index is 464. The van der Waals surface area contributed by atoms with Crippen molar-refractivity contribution in [2.75, 3.05) is 0 Å². The fourth-order valence-corrected chi connectivity index (χ4v) is 1.39. The first kappa shape index (κ1) is 9.15. The molecule has 2 rings (SSSR count). The van der Waals surface area contributed by atoms with Crippen molar-refractivity contribution in [2.24, 2.45) is 7.05 Å². The van der Waals surface area contributed by atoms with Crippen molar-refractivity contribution < 1.29 is 0 Å². The van der Waals surface area contributed by atoms with Gasteiger partial charge in [-0.3, -0.25) is 0 Å². The van der Waals surface area contributed by atoms with Crippen LogP contribution in [0.4, 0.5) is 0 Å². The monoisotopic (exact) mass is 208 g/mol. The number of benzene rings is 1. The lowest BCUT2D eigenvalue weighted by Crippen LogP contribution is -1.94.